The normalized spacial score (nSPS) is 23.2. The molecule has 0 bridgehead atoms. The summed E-state index contributed by atoms with van der Waals surface area (Å²) >= 11 is 0. The lowest BCUT2D eigenvalue weighted by atomic mass is 9.71. The Hall–Kier alpha value is -4.16. The number of imidazole rings is 1. The van der Waals surface area contributed by atoms with Gasteiger partial charge in [0, 0.05) is 6.54 Å². The number of carboxylic acids is 1. The summed E-state index contributed by atoms with van der Waals surface area (Å²) in [6.45, 7) is -0.551. The Bertz CT molecular complexity index is 1510. The number of aromatic nitrogens is 3. The van der Waals surface area contributed by atoms with Crippen LogP contribution in [0.5, 0.6) is 0 Å². The van der Waals surface area contributed by atoms with Crippen LogP contribution in [0.25, 0.3) is 5.65 Å². The van der Waals surface area contributed by atoms with E-state index in [-0.39, 0.29) is 18.1 Å². The topological polar surface area (TPSA) is 135 Å². The number of nitrogens with zero attached hydrogens (tertiary/aromatic N) is 3. The standard InChI is InChI=1S/C30H32F3N5O5/c31-30(32,33)21-12-29(27(40)41,26(39)34-14-21)11-18-10-23-36-22(15-38(23)35-13-18)25(24(19-6-7-19)20-8-9-20)37-28(42)43-16-17-4-2-1-3-5-17/h1-5,10,13,15,19-21,24-25H,6-9,11-12,14,16H2,(H,34,39)(H,37,42)(H,40,41)/t21-,25+,29?/m0/s1. The summed E-state index contributed by atoms with van der Waals surface area (Å²) in [6, 6.07) is 10.4. The maximum Gasteiger partial charge on any atom is 0.408 e. The van der Waals surface area contributed by atoms with E-state index in [4.69, 9.17) is 9.72 Å². The molecule has 3 aliphatic rings. The molecule has 3 fully saturated rings. The van der Waals surface area contributed by atoms with Crippen LogP contribution in [0.4, 0.5) is 18.0 Å². The van der Waals surface area contributed by atoms with E-state index in [1.807, 2.05) is 30.3 Å². The smallest absolute Gasteiger partial charge is 0.408 e. The molecule has 2 amide bonds. The fraction of sp³-hybridized carbons (Fsp3) is 0.500. The van der Waals surface area contributed by atoms with Crippen LogP contribution in [0.2, 0.25) is 0 Å². The average Bonchev–Trinajstić information content (AvgIpc) is 3.91. The molecule has 43 heavy (non-hydrogen) atoms. The van der Waals surface area contributed by atoms with Gasteiger partial charge in [0.2, 0.25) is 5.91 Å². The molecule has 1 unspecified atom stereocenters. The van der Waals surface area contributed by atoms with Gasteiger partial charge in [0.1, 0.15) is 6.61 Å². The quantitative estimate of drug-likeness (QED) is 0.293. The molecule has 3 atom stereocenters. The van der Waals surface area contributed by atoms with Crippen molar-refractivity contribution < 1.29 is 37.4 Å². The molecule has 10 nitrogen and oxygen atoms in total. The fourth-order valence-corrected chi connectivity index (χ4v) is 6.29. The monoisotopic (exact) mass is 599 g/mol. The number of piperidine rings is 1. The van der Waals surface area contributed by atoms with E-state index in [0.717, 1.165) is 31.2 Å². The summed E-state index contributed by atoms with van der Waals surface area (Å²) in [5.74, 6) is -3.51. The lowest BCUT2D eigenvalue weighted by molar-refractivity contribution is -0.194. The predicted molar refractivity (Wildman–Crippen MR) is 145 cm³/mol. The zero-order valence-electron chi connectivity index (χ0n) is 23.2. The van der Waals surface area contributed by atoms with Gasteiger partial charge >= 0.3 is 18.2 Å². The van der Waals surface area contributed by atoms with E-state index >= 15 is 0 Å². The van der Waals surface area contributed by atoms with Crippen molar-refractivity contribution in [2.75, 3.05) is 6.54 Å². The Labute approximate surface area is 245 Å². The Kier molecular flexibility index (Phi) is 7.51. The van der Waals surface area contributed by atoms with Crippen molar-refractivity contribution in [2.24, 2.45) is 29.1 Å². The van der Waals surface area contributed by atoms with Crippen LogP contribution in [-0.4, -0.2) is 50.4 Å². The number of alkyl carbamates (subject to hydrolysis) is 1. The number of carbonyl (C=O) groups excluding carboxylic acids is 2. The first-order chi connectivity index (χ1) is 20.5. The molecule has 1 saturated heterocycles. The fourth-order valence-electron chi connectivity index (χ4n) is 6.29. The highest BCUT2D eigenvalue weighted by Gasteiger charge is 2.56. The van der Waals surface area contributed by atoms with Gasteiger partial charge in [-0.25, -0.2) is 14.3 Å². The van der Waals surface area contributed by atoms with Gasteiger partial charge in [-0.05, 0) is 73.5 Å². The molecule has 6 rings (SSSR count). The number of fused-ring (bicyclic) bond motifs is 1. The zero-order chi connectivity index (χ0) is 30.4. The Balaban J connectivity index is 1.26. The Morgan fingerprint density at radius 1 is 1.14 bits per heavy atom. The number of nitrogens with one attached hydrogen (secondary N) is 2. The maximum absolute atomic E-state index is 13.5. The molecular formula is C30H32F3N5O5. The predicted octanol–water partition coefficient (Wildman–Crippen LogP) is 4.44. The first kappa shape index (κ1) is 28.9. The van der Waals surface area contributed by atoms with Crippen LogP contribution in [0.15, 0.2) is 48.8 Å². The molecule has 13 heteroatoms. The SMILES string of the molecule is O=C(N[C@H](c1cn2ncc(CC3(C(=O)O)C[C@H](C(F)(F)F)CNC3=O)cc2n1)C(C1CC1)C1CC1)OCc1ccccc1. The van der Waals surface area contributed by atoms with Crippen molar-refractivity contribution in [1.82, 2.24) is 25.2 Å². The number of hydrogen-bond acceptors (Lipinski definition) is 6. The van der Waals surface area contributed by atoms with Crippen molar-refractivity contribution in [3.05, 3.63) is 65.6 Å². The van der Waals surface area contributed by atoms with Crippen molar-refractivity contribution in [3.63, 3.8) is 0 Å². The third-order valence-electron chi connectivity index (χ3n) is 8.83. The lowest BCUT2D eigenvalue weighted by Gasteiger charge is -2.37. The molecule has 3 heterocycles. The molecule has 3 N–H and O–H groups in total. The highest BCUT2D eigenvalue weighted by Crippen LogP contribution is 2.54. The van der Waals surface area contributed by atoms with Crippen LogP contribution in [0.1, 0.15) is 55.0 Å². The van der Waals surface area contributed by atoms with Gasteiger partial charge in [-0.1, -0.05) is 30.3 Å². The zero-order valence-corrected chi connectivity index (χ0v) is 23.2. The second-order valence-electron chi connectivity index (χ2n) is 12.0. The maximum atomic E-state index is 13.5. The van der Waals surface area contributed by atoms with Gasteiger partial charge in [0.25, 0.3) is 0 Å². The van der Waals surface area contributed by atoms with Crippen LogP contribution in [0.3, 0.4) is 0 Å². The van der Waals surface area contributed by atoms with Gasteiger partial charge in [-0.15, -0.1) is 0 Å². The number of benzene rings is 1. The Morgan fingerprint density at radius 2 is 1.84 bits per heavy atom. The van der Waals surface area contributed by atoms with E-state index in [1.54, 1.807) is 6.20 Å². The number of carbonyl (C=O) groups is 3. The van der Waals surface area contributed by atoms with E-state index < -0.39 is 60.9 Å². The lowest BCUT2D eigenvalue weighted by Crippen LogP contribution is -2.57. The number of alkyl halides is 3. The van der Waals surface area contributed by atoms with Crippen LogP contribution in [-0.2, 0) is 27.4 Å². The number of ether oxygens (including phenoxy) is 1. The highest BCUT2D eigenvalue weighted by molar-refractivity contribution is 6.02. The third-order valence-corrected chi connectivity index (χ3v) is 8.83. The third kappa shape index (κ3) is 6.16. The van der Waals surface area contributed by atoms with Gasteiger partial charge in [-0.3, -0.25) is 9.59 Å². The number of hydrogen-bond donors (Lipinski definition) is 3. The molecule has 2 aromatic heterocycles. The van der Waals surface area contributed by atoms with E-state index in [0.29, 0.717) is 23.2 Å². The summed E-state index contributed by atoms with van der Waals surface area (Å²) in [7, 11) is 0. The van der Waals surface area contributed by atoms with E-state index in [9.17, 15) is 32.7 Å². The van der Waals surface area contributed by atoms with Gasteiger partial charge in [0.05, 0.1) is 30.0 Å². The van der Waals surface area contributed by atoms with Crippen LogP contribution < -0.4 is 10.6 Å². The molecule has 2 saturated carbocycles. The Morgan fingerprint density at radius 3 is 2.47 bits per heavy atom. The summed E-state index contributed by atoms with van der Waals surface area (Å²) in [6.07, 6.45) is 0.701. The molecule has 1 aromatic carbocycles. The first-order valence-corrected chi connectivity index (χ1v) is 14.4. The van der Waals surface area contributed by atoms with Crippen molar-refractivity contribution in [1.29, 1.82) is 0 Å². The van der Waals surface area contributed by atoms with Gasteiger partial charge < -0.3 is 20.5 Å². The van der Waals surface area contributed by atoms with Crippen LogP contribution in [0, 0.1) is 29.1 Å². The number of aliphatic carboxylic acids is 1. The minimum absolute atomic E-state index is 0.112. The molecule has 228 valence electrons. The number of halogens is 3. The minimum Gasteiger partial charge on any atom is -0.480 e. The molecule has 2 aliphatic carbocycles. The molecule has 1 aliphatic heterocycles. The average molecular weight is 600 g/mol. The van der Waals surface area contributed by atoms with Gasteiger partial charge in [-0.2, -0.15) is 18.3 Å². The van der Waals surface area contributed by atoms with Crippen LogP contribution >= 0.6 is 0 Å². The van der Waals surface area contributed by atoms with Crippen molar-refractivity contribution in [3.8, 4) is 0 Å². The second-order valence-corrected chi connectivity index (χ2v) is 12.0. The number of carboxylic acid groups (broad SMARTS) is 1. The summed E-state index contributed by atoms with van der Waals surface area (Å²) in [4.78, 5) is 42.6. The van der Waals surface area contributed by atoms with E-state index in [1.165, 1.54) is 16.8 Å². The summed E-state index contributed by atoms with van der Waals surface area (Å²) in [5.41, 5.74) is -0.300. The van der Waals surface area contributed by atoms with Crippen molar-refractivity contribution in [2.45, 2.75) is 57.3 Å². The number of amides is 2. The second kappa shape index (κ2) is 11.2. The number of rotatable bonds is 10. The summed E-state index contributed by atoms with van der Waals surface area (Å²) in [5, 5.41) is 19.5. The minimum atomic E-state index is -4.65. The van der Waals surface area contributed by atoms with Crippen molar-refractivity contribution >= 4 is 23.6 Å². The largest absolute Gasteiger partial charge is 0.480 e. The molecular weight excluding hydrogens is 567 g/mol. The molecule has 0 spiro atoms. The van der Waals surface area contributed by atoms with E-state index in [2.05, 4.69) is 15.7 Å². The first-order valence-electron chi connectivity index (χ1n) is 14.4. The molecule has 3 aromatic rings. The summed E-state index contributed by atoms with van der Waals surface area (Å²) < 4.78 is 47.5. The molecule has 0 radical (unpaired) electrons. The van der Waals surface area contributed by atoms with Gasteiger partial charge in [0.15, 0.2) is 11.1 Å². The highest BCUT2D eigenvalue weighted by atomic mass is 19.4.